The molecule has 1 N–H and O–H groups in total. The van der Waals surface area contributed by atoms with Gasteiger partial charge in [0.05, 0.1) is 12.7 Å². The molecule has 2 aromatic rings. The molecule has 118 valence electrons. The summed E-state index contributed by atoms with van der Waals surface area (Å²) in [5.74, 6) is 1.36. The summed E-state index contributed by atoms with van der Waals surface area (Å²) in [5, 5.41) is 2.89. The predicted molar refractivity (Wildman–Crippen MR) is 84.1 cm³/mol. The van der Waals surface area contributed by atoms with Crippen molar-refractivity contribution in [3.05, 3.63) is 41.6 Å². The second kappa shape index (κ2) is 7.59. The van der Waals surface area contributed by atoms with Crippen LogP contribution < -0.4 is 10.1 Å². The summed E-state index contributed by atoms with van der Waals surface area (Å²) in [7, 11) is 1.54. The number of carbonyl (C=O) groups excluding carboxylic acids is 1. The summed E-state index contributed by atoms with van der Waals surface area (Å²) in [6.45, 7) is 5.69. The second-order valence-corrected chi connectivity index (χ2v) is 5.06. The highest BCUT2D eigenvalue weighted by atomic mass is 16.5. The van der Waals surface area contributed by atoms with Gasteiger partial charge in [-0.05, 0) is 19.4 Å². The lowest BCUT2D eigenvalue weighted by molar-refractivity contribution is 0.0953. The minimum Gasteiger partial charge on any atom is -0.481 e. The Balaban J connectivity index is 1.89. The number of methoxy groups -OCH3 is 1. The van der Waals surface area contributed by atoms with E-state index in [4.69, 9.17) is 4.74 Å². The molecule has 0 fully saturated rings. The highest BCUT2D eigenvalue weighted by molar-refractivity contribution is 5.93. The van der Waals surface area contributed by atoms with Gasteiger partial charge < -0.3 is 14.6 Å². The molecule has 0 saturated heterocycles. The molecule has 0 bridgehead atoms. The Bertz CT molecular complexity index is 620. The molecule has 2 heterocycles. The lowest BCUT2D eigenvalue weighted by Crippen LogP contribution is -2.26. The number of rotatable bonds is 7. The zero-order valence-corrected chi connectivity index (χ0v) is 13.3. The number of aromatic nitrogens is 3. The first kappa shape index (κ1) is 16.0. The molecule has 0 atom stereocenters. The number of ether oxygens (including phenoxy) is 1. The van der Waals surface area contributed by atoms with Gasteiger partial charge >= 0.3 is 0 Å². The van der Waals surface area contributed by atoms with E-state index in [-0.39, 0.29) is 5.91 Å². The summed E-state index contributed by atoms with van der Waals surface area (Å²) >= 11 is 0. The molecular weight excluding hydrogens is 280 g/mol. The van der Waals surface area contributed by atoms with Crippen molar-refractivity contribution in [2.24, 2.45) is 0 Å². The molecule has 1 amide bonds. The van der Waals surface area contributed by atoms with Crippen LogP contribution in [0.4, 0.5) is 0 Å². The van der Waals surface area contributed by atoms with E-state index in [1.54, 1.807) is 19.2 Å². The zero-order valence-electron chi connectivity index (χ0n) is 13.3. The molecule has 0 aliphatic carbocycles. The van der Waals surface area contributed by atoms with Gasteiger partial charge in [0.1, 0.15) is 5.82 Å². The van der Waals surface area contributed by atoms with Crippen LogP contribution in [0, 0.1) is 6.92 Å². The van der Waals surface area contributed by atoms with E-state index in [2.05, 4.69) is 26.8 Å². The average molecular weight is 302 g/mol. The summed E-state index contributed by atoms with van der Waals surface area (Å²) in [5.41, 5.74) is 1.68. The maximum atomic E-state index is 12.0. The first-order valence-electron chi connectivity index (χ1n) is 7.45. The quantitative estimate of drug-likeness (QED) is 0.849. The van der Waals surface area contributed by atoms with Gasteiger partial charge in [0.2, 0.25) is 5.88 Å². The summed E-state index contributed by atoms with van der Waals surface area (Å²) in [6, 6.07) is 3.37. The topological polar surface area (TPSA) is 69.0 Å². The number of carbonyl (C=O) groups is 1. The van der Waals surface area contributed by atoms with Crippen molar-refractivity contribution in [3.8, 4) is 5.88 Å². The largest absolute Gasteiger partial charge is 0.481 e. The van der Waals surface area contributed by atoms with E-state index in [0.717, 1.165) is 24.5 Å². The summed E-state index contributed by atoms with van der Waals surface area (Å²) in [4.78, 5) is 20.5. The molecule has 22 heavy (non-hydrogen) atoms. The van der Waals surface area contributed by atoms with Crippen molar-refractivity contribution in [1.29, 1.82) is 0 Å². The van der Waals surface area contributed by atoms with Crippen LogP contribution in [-0.4, -0.2) is 34.1 Å². The third-order valence-corrected chi connectivity index (χ3v) is 3.43. The first-order valence-corrected chi connectivity index (χ1v) is 7.45. The van der Waals surface area contributed by atoms with Crippen molar-refractivity contribution in [2.75, 3.05) is 13.7 Å². The van der Waals surface area contributed by atoms with Crippen LogP contribution in [0.1, 0.15) is 35.2 Å². The van der Waals surface area contributed by atoms with Crippen molar-refractivity contribution < 1.29 is 9.53 Å². The Labute approximate surface area is 130 Å². The van der Waals surface area contributed by atoms with Crippen LogP contribution in [0.5, 0.6) is 5.88 Å². The molecule has 0 aliphatic rings. The fourth-order valence-electron chi connectivity index (χ4n) is 2.26. The number of aryl methyl sites for hydroxylation is 1. The van der Waals surface area contributed by atoms with E-state index in [0.29, 0.717) is 24.4 Å². The van der Waals surface area contributed by atoms with Crippen molar-refractivity contribution in [1.82, 2.24) is 19.9 Å². The molecule has 0 unspecified atom stereocenters. The van der Waals surface area contributed by atoms with Gasteiger partial charge in [-0.25, -0.2) is 9.97 Å². The van der Waals surface area contributed by atoms with Crippen molar-refractivity contribution in [2.45, 2.75) is 33.2 Å². The monoisotopic (exact) mass is 302 g/mol. The summed E-state index contributed by atoms with van der Waals surface area (Å²) in [6.07, 6.45) is 5.16. The van der Waals surface area contributed by atoms with Crippen LogP contribution in [0.3, 0.4) is 0 Å². The third-order valence-electron chi connectivity index (χ3n) is 3.43. The molecule has 2 rings (SSSR count). The van der Waals surface area contributed by atoms with Gasteiger partial charge in [-0.2, -0.15) is 0 Å². The number of amides is 1. The third kappa shape index (κ3) is 3.84. The molecular formula is C16H22N4O2. The average Bonchev–Trinajstić information content (AvgIpc) is 2.88. The first-order chi connectivity index (χ1) is 10.7. The predicted octanol–water partition coefficient (Wildman–Crippen LogP) is 1.98. The maximum Gasteiger partial charge on any atom is 0.252 e. The van der Waals surface area contributed by atoms with Gasteiger partial charge in [0, 0.05) is 43.7 Å². The lowest BCUT2D eigenvalue weighted by Gasteiger charge is -2.09. The molecule has 0 spiro atoms. The molecule has 6 heteroatoms. The van der Waals surface area contributed by atoms with Gasteiger partial charge in [-0.3, -0.25) is 4.79 Å². The maximum absolute atomic E-state index is 12.0. The van der Waals surface area contributed by atoms with Crippen LogP contribution in [0.2, 0.25) is 0 Å². The lowest BCUT2D eigenvalue weighted by atomic mass is 10.2. The Hall–Kier alpha value is -2.37. The minimum atomic E-state index is -0.138. The van der Waals surface area contributed by atoms with Crippen molar-refractivity contribution >= 4 is 5.91 Å². The van der Waals surface area contributed by atoms with E-state index in [1.807, 2.05) is 13.1 Å². The molecule has 0 saturated carbocycles. The fourth-order valence-corrected chi connectivity index (χ4v) is 2.26. The molecule has 0 aliphatic heterocycles. The number of pyridine rings is 1. The second-order valence-electron chi connectivity index (χ2n) is 5.06. The van der Waals surface area contributed by atoms with E-state index in [1.165, 1.54) is 6.20 Å². The number of nitrogens with zero attached hydrogens (tertiary/aromatic N) is 3. The Morgan fingerprint density at radius 3 is 2.77 bits per heavy atom. The zero-order chi connectivity index (χ0) is 15.9. The SMILES string of the molecule is CCCn1c(C)cnc1CCNC(=O)c1ccc(OC)nc1. The molecule has 2 aromatic heterocycles. The van der Waals surface area contributed by atoms with E-state index < -0.39 is 0 Å². The smallest absolute Gasteiger partial charge is 0.252 e. The highest BCUT2D eigenvalue weighted by Crippen LogP contribution is 2.08. The summed E-state index contributed by atoms with van der Waals surface area (Å²) < 4.78 is 7.17. The standard InChI is InChI=1S/C16H22N4O2/c1-4-9-20-12(2)10-18-14(20)7-8-17-16(21)13-5-6-15(22-3)19-11-13/h5-6,10-11H,4,7-9H2,1-3H3,(H,17,21). The Morgan fingerprint density at radius 1 is 1.32 bits per heavy atom. The van der Waals surface area contributed by atoms with E-state index >= 15 is 0 Å². The van der Waals surface area contributed by atoms with Crippen molar-refractivity contribution in [3.63, 3.8) is 0 Å². The van der Waals surface area contributed by atoms with Gasteiger partial charge in [-0.1, -0.05) is 6.92 Å². The van der Waals surface area contributed by atoms with Gasteiger partial charge in [-0.15, -0.1) is 0 Å². The minimum absolute atomic E-state index is 0.138. The van der Waals surface area contributed by atoms with Crippen LogP contribution in [0.15, 0.2) is 24.5 Å². The van der Waals surface area contributed by atoms with Crippen LogP contribution in [-0.2, 0) is 13.0 Å². The fraction of sp³-hybridized carbons (Fsp3) is 0.438. The Kier molecular flexibility index (Phi) is 5.52. The van der Waals surface area contributed by atoms with Crippen LogP contribution in [0.25, 0.3) is 0 Å². The number of hydrogen-bond donors (Lipinski definition) is 1. The highest BCUT2D eigenvalue weighted by Gasteiger charge is 2.09. The van der Waals surface area contributed by atoms with Gasteiger partial charge in [0.15, 0.2) is 0 Å². The van der Waals surface area contributed by atoms with E-state index in [9.17, 15) is 4.79 Å². The number of nitrogens with one attached hydrogen (secondary N) is 1. The normalized spacial score (nSPS) is 10.5. The van der Waals surface area contributed by atoms with Gasteiger partial charge in [0.25, 0.3) is 5.91 Å². The van der Waals surface area contributed by atoms with Crippen LogP contribution >= 0.6 is 0 Å². The molecule has 0 aromatic carbocycles. The Morgan fingerprint density at radius 2 is 2.14 bits per heavy atom. The number of hydrogen-bond acceptors (Lipinski definition) is 4. The molecule has 6 nitrogen and oxygen atoms in total. The number of imidazole rings is 1. The molecule has 0 radical (unpaired) electrons.